The lowest BCUT2D eigenvalue weighted by Gasteiger charge is -2.27. The molecule has 1 heterocycles. The van der Waals surface area contributed by atoms with E-state index in [1.807, 2.05) is 19.0 Å². The van der Waals surface area contributed by atoms with Gasteiger partial charge in [-0.3, -0.25) is 9.59 Å². The molecule has 180 valence electrons. The maximum Gasteiger partial charge on any atom is 0.295 e. The van der Waals surface area contributed by atoms with Crippen molar-refractivity contribution >= 4 is 33.4 Å². The summed E-state index contributed by atoms with van der Waals surface area (Å²) < 4.78 is 11.1. The summed E-state index contributed by atoms with van der Waals surface area (Å²) >= 11 is 3.30. The molecule has 3 rings (SSSR count). The van der Waals surface area contributed by atoms with Crippen LogP contribution in [0, 0.1) is 0 Å². The van der Waals surface area contributed by atoms with Crippen molar-refractivity contribution in [3.8, 4) is 17.2 Å². The van der Waals surface area contributed by atoms with E-state index in [0.717, 1.165) is 0 Å². The van der Waals surface area contributed by atoms with E-state index in [0.29, 0.717) is 34.5 Å². The number of methoxy groups -OCH3 is 1. The Bertz CT molecular complexity index is 1130. The molecule has 0 bridgehead atoms. The van der Waals surface area contributed by atoms with Crippen molar-refractivity contribution in [2.45, 2.75) is 6.04 Å². The van der Waals surface area contributed by atoms with Crippen molar-refractivity contribution in [1.82, 2.24) is 9.80 Å². The molecule has 0 aliphatic carbocycles. The standard InChI is InChI=1S/C25H27BrN2O6/c1-5-12-34-17-8-6-15(7-9-17)22(29)20-21(16-13-18(26)23(30)19(14-16)33-4)28(11-10-27(2)3)25(32)24(20)31/h5-9,13-14,21,29-30H,1,10-12H2,2-4H3/t21-/m0/s1. The Labute approximate surface area is 206 Å². The van der Waals surface area contributed by atoms with Crippen LogP contribution in [-0.4, -0.2) is 72.6 Å². The summed E-state index contributed by atoms with van der Waals surface area (Å²) in [6.07, 6.45) is 1.62. The minimum absolute atomic E-state index is 0.0387. The van der Waals surface area contributed by atoms with E-state index < -0.39 is 17.7 Å². The van der Waals surface area contributed by atoms with Crippen LogP contribution < -0.4 is 9.47 Å². The van der Waals surface area contributed by atoms with Gasteiger partial charge >= 0.3 is 0 Å². The van der Waals surface area contributed by atoms with E-state index in [2.05, 4.69) is 22.5 Å². The van der Waals surface area contributed by atoms with E-state index in [1.54, 1.807) is 42.5 Å². The number of hydrogen-bond acceptors (Lipinski definition) is 7. The van der Waals surface area contributed by atoms with Crippen molar-refractivity contribution in [3.05, 3.63) is 70.2 Å². The molecule has 1 aliphatic heterocycles. The maximum absolute atomic E-state index is 13.1. The first-order chi connectivity index (χ1) is 16.2. The summed E-state index contributed by atoms with van der Waals surface area (Å²) in [5.74, 6) is -1.14. The molecule has 1 saturated heterocycles. The Kier molecular flexibility index (Phi) is 8.01. The van der Waals surface area contributed by atoms with Crippen LogP contribution in [0.3, 0.4) is 0 Å². The van der Waals surface area contributed by atoms with Crippen LogP contribution in [0.15, 0.2) is 59.1 Å². The first-order valence-corrected chi connectivity index (χ1v) is 11.3. The molecule has 0 radical (unpaired) electrons. The van der Waals surface area contributed by atoms with Crippen molar-refractivity contribution in [2.24, 2.45) is 0 Å². The summed E-state index contributed by atoms with van der Waals surface area (Å²) in [5.41, 5.74) is 0.835. The molecule has 1 amide bonds. The SMILES string of the molecule is C=CCOc1ccc(C(O)=C2C(=O)C(=O)N(CCN(C)C)[C@H]2c2cc(Br)c(O)c(OC)c2)cc1. The Balaban J connectivity index is 2.14. The minimum Gasteiger partial charge on any atom is -0.507 e. The molecule has 1 aliphatic rings. The largest absolute Gasteiger partial charge is 0.507 e. The van der Waals surface area contributed by atoms with Gasteiger partial charge in [-0.15, -0.1) is 0 Å². The number of aliphatic hydroxyl groups is 1. The topological polar surface area (TPSA) is 99.5 Å². The number of likely N-dealkylation sites (N-methyl/N-ethyl adjacent to an activating group) is 1. The maximum atomic E-state index is 13.1. The zero-order valence-electron chi connectivity index (χ0n) is 19.2. The molecule has 0 unspecified atom stereocenters. The number of hydrogen-bond donors (Lipinski definition) is 2. The molecule has 0 spiro atoms. The van der Waals surface area contributed by atoms with Crippen LogP contribution in [0.5, 0.6) is 17.2 Å². The summed E-state index contributed by atoms with van der Waals surface area (Å²) in [4.78, 5) is 29.5. The van der Waals surface area contributed by atoms with Crippen molar-refractivity contribution < 1.29 is 29.3 Å². The summed E-state index contributed by atoms with van der Waals surface area (Å²) in [7, 11) is 5.13. The quantitative estimate of drug-likeness (QED) is 0.220. The molecule has 34 heavy (non-hydrogen) atoms. The summed E-state index contributed by atoms with van der Waals surface area (Å²) in [5, 5.41) is 21.4. The van der Waals surface area contributed by atoms with Crippen LogP contribution in [0.2, 0.25) is 0 Å². The fourth-order valence-electron chi connectivity index (χ4n) is 3.69. The molecule has 0 saturated carbocycles. The van der Waals surface area contributed by atoms with Gasteiger partial charge in [-0.1, -0.05) is 12.7 Å². The Morgan fingerprint density at radius 3 is 2.50 bits per heavy atom. The zero-order valence-corrected chi connectivity index (χ0v) is 20.8. The summed E-state index contributed by atoms with van der Waals surface area (Å²) in [6.45, 7) is 4.71. The number of nitrogens with zero attached hydrogens (tertiary/aromatic N) is 2. The first-order valence-electron chi connectivity index (χ1n) is 10.5. The molecule has 1 atom stereocenters. The van der Waals surface area contributed by atoms with Crippen molar-refractivity contribution in [1.29, 1.82) is 0 Å². The number of rotatable bonds is 9. The van der Waals surface area contributed by atoms with Crippen LogP contribution in [-0.2, 0) is 9.59 Å². The van der Waals surface area contributed by atoms with Gasteiger partial charge in [0, 0.05) is 18.7 Å². The average Bonchev–Trinajstić information content (AvgIpc) is 3.07. The van der Waals surface area contributed by atoms with E-state index in [9.17, 15) is 19.8 Å². The second-order valence-corrected chi connectivity index (χ2v) is 8.83. The number of aromatic hydroxyl groups is 1. The number of halogens is 1. The molecule has 2 N–H and O–H groups in total. The second kappa shape index (κ2) is 10.8. The molecule has 2 aromatic carbocycles. The number of aliphatic hydroxyl groups excluding tert-OH is 1. The van der Waals surface area contributed by atoms with Gasteiger partial charge in [0.2, 0.25) is 0 Å². The number of amides is 1. The number of likely N-dealkylation sites (tertiary alicyclic amines) is 1. The van der Waals surface area contributed by atoms with E-state index in [-0.39, 0.29) is 29.4 Å². The molecular weight excluding hydrogens is 504 g/mol. The van der Waals surface area contributed by atoms with Crippen molar-refractivity contribution in [2.75, 3.05) is 40.9 Å². The lowest BCUT2D eigenvalue weighted by atomic mass is 9.95. The Morgan fingerprint density at radius 1 is 1.24 bits per heavy atom. The fraction of sp³-hybridized carbons (Fsp3) is 0.280. The fourth-order valence-corrected chi connectivity index (χ4v) is 4.15. The molecule has 1 fully saturated rings. The van der Waals surface area contributed by atoms with Gasteiger partial charge in [0.1, 0.15) is 18.1 Å². The van der Waals surface area contributed by atoms with Gasteiger partial charge in [-0.2, -0.15) is 0 Å². The van der Waals surface area contributed by atoms with Gasteiger partial charge in [0.15, 0.2) is 11.5 Å². The lowest BCUT2D eigenvalue weighted by Crippen LogP contribution is -2.35. The van der Waals surface area contributed by atoms with Crippen molar-refractivity contribution in [3.63, 3.8) is 0 Å². The van der Waals surface area contributed by atoms with E-state index in [1.165, 1.54) is 12.0 Å². The van der Waals surface area contributed by atoms with Crippen LogP contribution in [0.25, 0.3) is 5.76 Å². The van der Waals surface area contributed by atoms with Gasteiger partial charge in [0.25, 0.3) is 11.7 Å². The molecule has 2 aromatic rings. The number of Topliss-reactive ketones (excluding diaryl/α,β-unsaturated/α-hetero) is 1. The minimum atomic E-state index is -0.873. The lowest BCUT2D eigenvalue weighted by molar-refractivity contribution is -0.140. The Hall–Kier alpha value is -3.30. The first kappa shape index (κ1) is 25.3. The van der Waals surface area contributed by atoms with Gasteiger partial charge in [-0.05, 0) is 72.0 Å². The average molecular weight is 531 g/mol. The molecule has 0 aromatic heterocycles. The Morgan fingerprint density at radius 2 is 1.91 bits per heavy atom. The number of phenols is 1. The highest BCUT2D eigenvalue weighted by Gasteiger charge is 2.46. The number of carbonyl (C=O) groups excluding carboxylic acids is 2. The third kappa shape index (κ3) is 5.10. The number of carbonyl (C=O) groups is 2. The van der Waals surface area contributed by atoms with E-state index >= 15 is 0 Å². The number of benzene rings is 2. The second-order valence-electron chi connectivity index (χ2n) is 7.97. The number of ketones is 1. The van der Waals surface area contributed by atoms with Crippen LogP contribution in [0.1, 0.15) is 17.2 Å². The predicted molar refractivity (Wildman–Crippen MR) is 132 cm³/mol. The van der Waals surface area contributed by atoms with E-state index in [4.69, 9.17) is 9.47 Å². The highest BCUT2D eigenvalue weighted by Crippen LogP contribution is 2.44. The van der Waals surface area contributed by atoms with Gasteiger partial charge in [-0.25, -0.2) is 0 Å². The summed E-state index contributed by atoms with van der Waals surface area (Å²) in [6, 6.07) is 8.85. The van der Waals surface area contributed by atoms with Crippen LogP contribution >= 0.6 is 15.9 Å². The molecule has 8 nitrogen and oxygen atoms in total. The third-order valence-electron chi connectivity index (χ3n) is 5.41. The predicted octanol–water partition coefficient (Wildman–Crippen LogP) is 3.71. The van der Waals surface area contributed by atoms with Crippen LogP contribution in [0.4, 0.5) is 0 Å². The van der Waals surface area contributed by atoms with Gasteiger partial charge < -0.3 is 29.5 Å². The molecular formula is C25H27BrN2O6. The highest BCUT2D eigenvalue weighted by molar-refractivity contribution is 9.10. The zero-order chi connectivity index (χ0) is 25.0. The van der Waals surface area contributed by atoms with Gasteiger partial charge in [0.05, 0.1) is 23.2 Å². The normalized spacial score (nSPS) is 17.3. The highest BCUT2D eigenvalue weighted by atomic mass is 79.9. The number of phenolic OH excluding ortho intramolecular Hbond substituents is 1. The monoisotopic (exact) mass is 530 g/mol. The third-order valence-corrected chi connectivity index (χ3v) is 6.01. The molecule has 9 heteroatoms. The smallest absolute Gasteiger partial charge is 0.295 e. The number of ether oxygens (including phenoxy) is 2.